The number of hydrogen-bond acceptors (Lipinski definition) is 5. The van der Waals surface area contributed by atoms with Crippen LogP contribution in [0.5, 0.6) is 0 Å². The molecule has 0 bridgehead atoms. The third-order valence-corrected chi connectivity index (χ3v) is 2.59. The fourth-order valence-corrected chi connectivity index (χ4v) is 1.74. The minimum Gasteiger partial charge on any atom is -0.459 e. The number of hydrogen-bond donors (Lipinski definition) is 0. The van der Waals surface area contributed by atoms with Crippen molar-refractivity contribution in [1.82, 2.24) is 0 Å². The summed E-state index contributed by atoms with van der Waals surface area (Å²) in [6.07, 6.45) is 0.0831. The molecule has 0 unspecified atom stereocenters. The molecule has 0 N–H and O–H groups in total. The summed E-state index contributed by atoms with van der Waals surface area (Å²) in [5.74, 6) is -3.28. The van der Waals surface area contributed by atoms with Crippen molar-refractivity contribution in [3.8, 4) is 0 Å². The first-order valence-corrected chi connectivity index (χ1v) is 6.00. The Kier molecular flexibility index (Phi) is 4.38. The molecule has 5 heteroatoms. The minimum absolute atomic E-state index is 0.0610. The average Bonchev–Trinajstić information content (AvgIpc) is 2.19. The SMILES string of the molecule is CC(C)(C)OC(=O)C1C(=O)CCC(=O)CCC1=O. The summed E-state index contributed by atoms with van der Waals surface area (Å²) in [5.41, 5.74) is -0.740. The van der Waals surface area contributed by atoms with Crippen LogP contribution < -0.4 is 0 Å². The second-order valence-corrected chi connectivity index (χ2v) is 5.44. The first kappa shape index (κ1) is 14.5. The molecule has 1 aliphatic carbocycles. The number of carbonyl (C=O) groups is 4. The molecule has 5 nitrogen and oxygen atoms in total. The topological polar surface area (TPSA) is 77.5 Å². The predicted octanol–water partition coefficient (Wildman–Crippen LogP) is 1.23. The molecular formula is C13H18O5. The molecule has 0 radical (unpaired) electrons. The Morgan fingerprint density at radius 3 is 1.83 bits per heavy atom. The quantitative estimate of drug-likeness (QED) is 0.519. The maximum Gasteiger partial charge on any atom is 0.324 e. The molecule has 1 aliphatic rings. The van der Waals surface area contributed by atoms with Crippen molar-refractivity contribution in [2.24, 2.45) is 5.92 Å². The van der Waals surface area contributed by atoms with Crippen LogP contribution in [0.2, 0.25) is 0 Å². The van der Waals surface area contributed by atoms with Crippen LogP contribution in [0.3, 0.4) is 0 Å². The highest BCUT2D eigenvalue weighted by Crippen LogP contribution is 2.19. The van der Waals surface area contributed by atoms with E-state index in [1.165, 1.54) is 0 Å². The third kappa shape index (κ3) is 4.05. The first-order chi connectivity index (χ1) is 8.20. The molecule has 0 amide bonds. The maximum atomic E-state index is 11.8. The molecule has 0 aromatic rings. The van der Waals surface area contributed by atoms with Gasteiger partial charge in [-0.2, -0.15) is 0 Å². The molecular weight excluding hydrogens is 236 g/mol. The van der Waals surface area contributed by atoms with Gasteiger partial charge in [-0.3, -0.25) is 19.2 Å². The van der Waals surface area contributed by atoms with Crippen LogP contribution in [0, 0.1) is 5.92 Å². The first-order valence-electron chi connectivity index (χ1n) is 6.00. The van der Waals surface area contributed by atoms with Gasteiger partial charge >= 0.3 is 5.97 Å². The van der Waals surface area contributed by atoms with Gasteiger partial charge in [0.2, 0.25) is 0 Å². The van der Waals surface area contributed by atoms with Crippen LogP contribution >= 0.6 is 0 Å². The van der Waals surface area contributed by atoms with E-state index in [1.54, 1.807) is 20.8 Å². The number of carbonyl (C=O) groups excluding carboxylic acids is 4. The number of ether oxygens (including phenoxy) is 1. The van der Waals surface area contributed by atoms with E-state index in [4.69, 9.17) is 4.74 Å². The zero-order valence-electron chi connectivity index (χ0n) is 10.9. The van der Waals surface area contributed by atoms with Crippen LogP contribution in [-0.2, 0) is 23.9 Å². The van der Waals surface area contributed by atoms with Crippen molar-refractivity contribution < 1.29 is 23.9 Å². The van der Waals surface area contributed by atoms with E-state index in [0.29, 0.717) is 0 Å². The fourth-order valence-electron chi connectivity index (χ4n) is 1.74. The maximum absolute atomic E-state index is 11.8. The van der Waals surface area contributed by atoms with Crippen molar-refractivity contribution in [2.45, 2.75) is 52.1 Å². The van der Waals surface area contributed by atoms with Crippen molar-refractivity contribution >= 4 is 23.3 Å². The highest BCUT2D eigenvalue weighted by atomic mass is 16.6. The van der Waals surface area contributed by atoms with E-state index >= 15 is 0 Å². The number of rotatable bonds is 1. The van der Waals surface area contributed by atoms with E-state index in [9.17, 15) is 19.2 Å². The van der Waals surface area contributed by atoms with E-state index in [2.05, 4.69) is 0 Å². The van der Waals surface area contributed by atoms with Crippen LogP contribution in [-0.4, -0.2) is 28.9 Å². The van der Waals surface area contributed by atoms with Crippen molar-refractivity contribution in [2.75, 3.05) is 0 Å². The summed E-state index contributed by atoms with van der Waals surface area (Å²) in [7, 11) is 0. The van der Waals surface area contributed by atoms with Crippen LogP contribution in [0.15, 0.2) is 0 Å². The van der Waals surface area contributed by atoms with Gasteiger partial charge in [-0.1, -0.05) is 0 Å². The van der Waals surface area contributed by atoms with Gasteiger partial charge in [0.05, 0.1) is 0 Å². The second-order valence-electron chi connectivity index (χ2n) is 5.44. The summed E-state index contributed by atoms with van der Waals surface area (Å²) in [6.45, 7) is 5.02. The molecule has 1 fully saturated rings. The summed E-state index contributed by atoms with van der Waals surface area (Å²) < 4.78 is 5.08. The van der Waals surface area contributed by atoms with Gasteiger partial charge in [0, 0.05) is 25.7 Å². The zero-order valence-corrected chi connectivity index (χ0v) is 10.9. The lowest BCUT2D eigenvalue weighted by atomic mass is 9.88. The summed E-state index contributed by atoms with van der Waals surface area (Å²) in [4.78, 5) is 46.6. The molecule has 0 aromatic carbocycles. The predicted molar refractivity (Wildman–Crippen MR) is 62.8 cm³/mol. The average molecular weight is 254 g/mol. The van der Waals surface area contributed by atoms with E-state index in [0.717, 1.165) is 0 Å². The van der Waals surface area contributed by atoms with Gasteiger partial charge < -0.3 is 4.74 Å². The molecule has 0 aromatic heterocycles. The Morgan fingerprint density at radius 1 is 1.00 bits per heavy atom. The highest BCUT2D eigenvalue weighted by Gasteiger charge is 2.37. The molecule has 0 aliphatic heterocycles. The van der Waals surface area contributed by atoms with Crippen LogP contribution in [0.25, 0.3) is 0 Å². The molecule has 100 valence electrons. The van der Waals surface area contributed by atoms with Crippen LogP contribution in [0.4, 0.5) is 0 Å². The minimum atomic E-state index is -1.35. The fraction of sp³-hybridized carbons (Fsp3) is 0.692. The Hall–Kier alpha value is -1.52. The summed E-state index contributed by atoms with van der Waals surface area (Å²) in [6, 6.07) is 0. The summed E-state index contributed by atoms with van der Waals surface area (Å²) >= 11 is 0. The van der Waals surface area contributed by atoms with E-state index in [1.807, 2.05) is 0 Å². The molecule has 18 heavy (non-hydrogen) atoms. The number of ketones is 3. The molecule has 0 spiro atoms. The Balaban J connectivity index is 2.83. The lowest BCUT2D eigenvalue weighted by Gasteiger charge is -2.23. The van der Waals surface area contributed by atoms with Gasteiger partial charge in [-0.25, -0.2) is 0 Å². The van der Waals surface area contributed by atoms with Crippen LogP contribution in [0.1, 0.15) is 46.5 Å². The van der Waals surface area contributed by atoms with Gasteiger partial charge in [-0.05, 0) is 20.8 Å². The normalized spacial score (nSPS) is 19.4. The van der Waals surface area contributed by atoms with E-state index in [-0.39, 0.29) is 31.5 Å². The smallest absolute Gasteiger partial charge is 0.324 e. The zero-order chi connectivity index (χ0) is 13.9. The van der Waals surface area contributed by atoms with E-state index < -0.39 is 29.1 Å². The van der Waals surface area contributed by atoms with Gasteiger partial charge in [0.15, 0.2) is 17.5 Å². The third-order valence-electron chi connectivity index (χ3n) is 2.59. The standard InChI is InChI=1S/C13H18O5/c1-13(2,3)18-12(17)11-9(15)6-4-8(14)5-7-10(11)16/h11H,4-7H2,1-3H3. The Morgan fingerprint density at radius 2 is 1.44 bits per heavy atom. The van der Waals surface area contributed by atoms with Crippen molar-refractivity contribution in [1.29, 1.82) is 0 Å². The Bertz CT molecular complexity index is 367. The molecule has 0 atom stereocenters. The van der Waals surface area contributed by atoms with Gasteiger partial charge in [0.1, 0.15) is 11.4 Å². The molecule has 0 heterocycles. The van der Waals surface area contributed by atoms with Crippen molar-refractivity contribution in [3.63, 3.8) is 0 Å². The molecule has 1 saturated carbocycles. The molecule has 0 saturated heterocycles. The lowest BCUT2D eigenvalue weighted by Crippen LogP contribution is -2.38. The second kappa shape index (κ2) is 5.42. The summed E-state index contributed by atoms with van der Waals surface area (Å²) in [5, 5.41) is 0. The number of Topliss-reactive ketones (excluding diaryl/α,β-unsaturated/α-hetero) is 3. The van der Waals surface area contributed by atoms with Gasteiger partial charge in [-0.15, -0.1) is 0 Å². The van der Waals surface area contributed by atoms with Crippen molar-refractivity contribution in [3.05, 3.63) is 0 Å². The highest BCUT2D eigenvalue weighted by molar-refractivity contribution is 6.18. The molecule has 1 rings (SSSR count). The number of esters is 1. The lowest BCUT2D eigenvalue weighted by molar-refractivity contribution is -0.164. The Labute approximate surface area is 106 Å². The van der Waals surface area contributed by atoms with Gasteiger partial charge in [0.25, 0.3) is 0 Å². The monoisotopic (exact) mass is 254 g/mol. The largest absolute Gasteiger partial charge is 0.459 e.